The molecule has 0 heterocycles. The lowest BCUT2D eigenvalue weighted by atomic mass is 10.1. The Morgan fingerprint density at radius 1 is 0.810 bits per heavy atom. The SMILES string of the molecule is CCCCCCCCCCOC(=O)CC(=O)OCC(C)C. The molecule has 0 aliphatic rings. The summed E-state index contributed by atoms with van der Waals surface area (Å²) in [6.45, 7) is 6.88. The lowest BCUT2D eigenvalue weighted by molar-refractivity contribution is -0.155. The third-order valence-electron chi connectivity index (χ3n) is 3.13. The lowest BCUT2D eigenvalue weighted by Crippen LogP contribution is -2.16. The van der Waals surface area contributed by atoms with Gasteiger partial charge in [-0.25, -0.2) is 0 Å². The Balaban J connectivity index is 3.35. The van der Waals surface area contributed by atoms with Crippen LogP contribution in [0, 0.1) is 5.92 Å². The standard InChI is InChI=1S/C17H32O4/c1-4-5-6-7-8-9-10-11-12-20-16(18)13-17(19)21-14-15(2)3/h15H,4-14H2,1-3H3. The second-order valence-electron chi connectivity index (χ2n) is 5.95. The number of esters is 2. The Morgan fingerprint density at radius 3 is 1.90 bits per heavy atom. The van der Waals surface area contributed by atoms with E-state index in [9.17, 15) is 9.59 Å². The first-order valence-corrected chi connectivity index (χ1v) is 8.37. The summed E-state index contributed by atoms with van der Waals surface area (Å²) < 4.78 is 9.95. The maximum absolute atomic E-state index is 11.4. The van der Waals surface area contributed by atoms with Crippen molar-refractivity contribution in [3.8, 4) is 0 Å². The minimum Gasteiger partial charge on any atom is -0.465 e. The molecule has 0 saturated carbocycles. The molecule has 0 amide bonds. The van der Waals surface area contributed by atoms with Gasteiger partial charge in [0.25, 0.3) is 0 Å². The summed E-state index contributed by atoms with van der Waals surface area (Å²) in [4.78, 5) is 22.7. The molecule has 0 saturated heterocycles. The van der Waals surface area contributed by atoms with Crippen LogP contribution in [0.25, 0.3) is 0 Å². The lowest BCUT2D eigenvalue weighted by Gasteiger charge is -2.07. The van der Waals surface area contributed by atoms with Crippen molar-refractivity contribution in [2.45, 2.75) is 78.6 Å². The Kier molecular flexibility index (Phi) is 13.2. The average Bonchev–Trinajstić information content (AvgIpc) is 2.43. The molecule has 4 heteroatoms. The van der Waals surface area contributed by atoms with Crippen molar-refractivity contribution in [1.82, 2.24) is 0 Å². The number of unbranched alkanes of at least 4 members (excludes halogenated alkanes) is 7. The third kappa shape index (κ3) is 15.2. The predicted octanol–water partition coefficient (Wildman–Crippen LogP) is 4.26. The minimum absolute atomic E-state index is 0.274. The third-order valence-corrected chi connectivity index (χ3v) is 3.13. The average molecular weight is 300 g/mol. The van der Waals surface area contributed by atoms with E-state index in [4.69, 9.17) is 9.47 Å². The van der Waals surface area contributed by atoms with E-state index in [2.05, 4.69) is 6.92 Å². The molecule has 0 aliphatic heterocycles. The van der Waals surface area contributed by atoms with Crippen LogP contribution in [0.2, 0.25) is 0 Å². The zero-order valence-electron chi connectivity index (χ0n) is 14.0. The topological polar surface area (TPSA) is 52.6 Å². The fraction of sp³-hybridized carbons (Fsp3) is 0.882. The highest BCUT2D eigenvalue weighted by molar-refractivity contribution is 5.91. The smallest absolute Gasteiger partial charge is 0.317 e. The van der Waals surface area contributed by atoms with Crippen molar-refractivity contribution in [1.29, 1.82) is 0 Å². The highest BCUT2D eigenvalue weighted by atomic mass is 16.6. The highest BCUT2D eigenvalue weighted by Crippen LogP contribution is 2.08. The second-order valence-corrected chi connectivity index (χ2v) is 5.95. The van der Waals surface area contributed by atoms with Crippen LogP contribution in [0.3, 0.4) is 0 Å². The number of rotatable bonds is 13. The van der Waals surface area contributed by atoms with Crippen LogP contribution < -0.4 is 0 Å². The molecule has 0 aliphatic carbocycles. The van der Waals surface area contributed by atoms with Gasteiger partial charge in [0.2, 0.25) is 0 Å². The van der Waals surface area contributed by atoms with Crippen molar-refractivity contribution in [2.75, 3.05) is 13.2 Å². The summed E-state index contributed by atoms with van der Waals surface area (Å²) in [7, 11) is 0. The van der Waals surface area contributed by atoms with E-state index >= 15 is 0 Å². The van der Waals surface area contributed by atoms with Crippen molar-refractivity contribution in [3.63, 3.8) is 0 Å². The van der Waals surface area contributed by atoms with Crippen LogP contribution in [0.5, 0.6) is 0 Å². The highest BCUT2D eigenvalue weighted by Gasteiger charge is 2.12. The molecular formula is C17H32O4. The van der Waals surface area contributed by atoms with Crippen molar-refractivity contribution in [3.05, 3.63) is 0 Å². The van der Waals surface area contributed by atoms with Gasteiger partial charge in [-0.1, -0.05) is 65.7 Å². The molecule has 0 atom stereocenters. The van der Waals surface area contributed by atoms with E-state index in [0.29, 0.717) is 13.2 Å². The zero-order chi connectivity index (χ0) is 15.9. The van der Waals surface area contributed by atoms with Crippen LogP contribution in [-0.4, -0.2) is 25.2 Å². The van der Waals surface area contributed by atoms with Gasteiger partial charge in [-0.05, 0) is 12.3 Å². The summed E-state index contributed by atoms with van der Waals surface area (Å²) in [5.74, 6) is -0.696. The van der Waals surface area contributed by atoms with Crippen LogP contribution in [0.15, 0.2) is 0 Å². The zero-order valence-corrected chi connectivity index (χ0v) is 14.0. The monoisotopic (exact) mass is 300 g/mol. The number of carbonyl (C=O) groups excluding carboxylic acids is 2. The minimum atomic E-state index is -0.496. The molecule has 0 N–H and O–H groups in total. The summed E-state index contributed by atoms with van der Waals surface area (Å²) in [6.07, 6.45) is 9.36. The fourth-order valence-electron chi connectivity index (χ4n) is 1.90. The van der Waals surface area contributed by atoms with E-state index in [1.54, 1.807) is 0 Å². The van der Waals surface area contributed by atoms with E-state index in [1.165, 1.54) is 38.5 Å². The fourth-order valence-corrected chi connectivity index (χ4v) is 1.90. The summed E-state index contributed by atoms with van der Waals surface area (Å²) in [6, 6.07) is 0. The second kappa shape index (κ2) is 13.9. The number of hydrogen-bond donors (Lipinski definition) is 0. The van der Waals surface area contributed by atoms with Crippen LogP contribution in [-0.2, 0) is 19.1 Å². The Morgan fingerprint density at radius 2 is 1.33 bits per heavy atom. The quantitative estimate of drug-likeness (QED) is 0.290. The van der Waals surface area contributed by atoms with Gasteiger partial charge >= 0.3 is 11.9 Å². The first-order chi connectivity index (χ1) is 10.1. The molecule has 4 nitrogen and oxygen atoms in total. The van der Waals surface area contributed by atoms with Crippen LogP contribution in [0.1, 0.15) is 78.6 Å². The molecule has 0 aromatic carbocycles. The van der Waals surface area contributed by atoms with Gasteiger partial charge in [0.15, 0.2) is 0 Å². The molecule has 124 valence electrons. The van der Waals surface area contributed by atoms with E-state index in [0.717, 1.165) is 12.8 Å². The Labute approximate surface area is 129 Å². The van der Waals surface area contributed by atoms with Gasteiger partial charge < -0.3 is 9.47 Å². The largest absolute Gasteiger partial charge is 0.465 e. The van der Waals surface area contributed by atoms with Crippen LogP contribution in [0.4, 0.5) is 0 Å². The molecule has 0 aromatic heterocycles. The predicted molar refractivity (Wildman–Crippen MR) is 84.0 cm³/mol. The molecule has 0 aromatic rings. The van der Waals surface area contributed by atoms with Gasteiger partial charge in [-0.3, -0.25) is 9.59 Å². The van der Waals surface area contributed by atoms with Crippen molar-refractivity contribution >= 4 is 11.9 Å². The maximum atomic E-state index is 11.4. The first kappa shape index (κ1) is 19.9. The summed E-state index contributed by atoms with van der Waals surface area (Å²) in [5.41, 5.74) is 0. The van der Waals surface area contributed by atoms with Gasteiger partial charge in [-0.15, -0.1) is 0 Å². The molecule has 0 fully saturated rings. The normalized spacial score (nSPS) is 10.7. The number of carbonyl (C=O) groups is 2. The number of hydrogen-bond acceptors (Lipinski definition) is 4. The molecule has 0 unspecified atom stereocenters. The van der Waals surface area contributed by atoms with Crippen molar-refractivity contribution in [2.24, 2.45) is 5.92 Å². The molecular weight excluding hydrogens is 268 g/mol. The molecule has 0 radical (unpaired) electrons. The molecule has 0 rings (SSSR count). The van der Waals surface area contributed by atoms with Gasteiger partial charge in [0, 0.05) is 0 Å². The van der Waals surface area contributed by atoms with Gasteiger partial charge in [0.05, 0.1) is 13.2 Å². The summed E-state index contributed by atoms with van der Waals surface area (Å²) >= 11 is 0. The van der Waals surface area contributed by atoms with E-state index in [1.807, 2.05) is 13.8 Å². The maximum Gasteiger partial charge on any atom is 0.317 e. The Hall–Kier alpha value is -1.06. The van der Waals surface area contributed by atoms with Gasteiger partial charge in [-0.2, -0.15) is 0 Å². The molecule has 0 bridgehead atoms. The number of ether oxygens (including phenoxy) is 2. The van der Waals surface area contributed by atoms with E-state index < -0.39 is 11.9 Å². The van der Waals surface area contributed by atoms with Crippen LogP contribution >= 0.6 is 0 Å². The Bertz CT molecular complexity index is 274. The molecule has 21 heavy (non-hydrogen) atoms. The van der Waals surface area contributed by atoms with Gasteiger partial charge in [0.1, 0.15) is 6.42 Å². The van der Waals surface area contributed by atoms with Crippen molar-refractivity contribution < 1.29 is 19.1 Å². The molecule has 0 spiro atoms. The first-order valence-electron chi connectivity index (χ1n) is 8.37. The van der Waals surface area contributed by atoms with E-state index in [-0.39, 0.29) is 12.3 Å². The summed E-state index contributed by atoms with van der Waals surface area (Å²) in [5, 5.41) is 0.